The Hall–Kier alpha value is -1.13. The fourth-order valence-electron chi connectivity index (χ4n) is 2.34. The molecule has 0 unspecified atom stereocenters. The quantitative estimate of drug-likeness (QED) is 0.829. The zero-order chi connectivity index (χ0) is 13.0. The average molecular weight is 269 g/mol. The molecular weight excluding hydrogens is 252 g/mol. The molecule has 4 nitrogen and oxygen atoms in total. The second-order valence-electron chi connectivity index (χ2n) is 4.88. The van der Waals surface area contributed by atoms with Gasteiger partial charge in [-0.3, -0.25) is 4.79 Å². The summed E-state index contributed by atoms with van der Waals surface area (Å²) in [6.45, 7) is 0. The van der Waals surface area contributed by atoms with Crippen LogP contribution in [-0.4, -0.2) is 21.6 Å². The van der Waals surface area contributed by atoms with Crippen molar-refractivity contribution >= 4 is 23.2 Å². The Kier molecular flexibility index (Phi) is 4.19. The number of aliphatic hydroxyl groups is 1. The van der Waals surface area contributed by atoms with E-state index in [0.717, 1.165) is 19.3 Å². The largest absolute Gasteiger partial charge is 0.389 e. The number of hydrogen-bond acceptors (Lipinski definition) is 3. The Morgan fingerprint density at radius 1 is 1.39 bits per heavy atom. The smallest absolute Gasteiger partial charge is 0.227 e. The SMILES string of the molecule is O=C(CC1(O)CCCCC1)Nc1ccc(Cl)nc1. The van der Waals surface area contributed by atoms with Crippen LogP contribution in [0.1, 0.15) is 38.5 Å². The molecule has 5 heteroatoms. The van der Waals surface area contributed by atoms with E-state index in [1.165, 1.54) is 6.20 Å². The molecule has 1 aliphatic carbocycles. The lowest BCUT2D eigenvalue weighted by Gasteiger charge is -2.31. The highest BCUT2D eigenvalue weighted by Crippen LogP contribution is 2.31. The van der Waals surface area contributed by atoms with Crippen molar-refractivity contribution in [2.45, 2.75) is 44.1 Å². The summed E-state index contributed by atoms with van der Waals surface area (Å²) >= 11 is 5.66. The van der Waals surface area contributed by atoms with Crippen LogP contribution in [0, 0.1) is 0 Å². The predicted molar refractivity (Wildman–Crippen MR) is 70.5 cm³/mol. The molecular formula is C13H17ClN2O2. The molecule has 1 amide bonds. The zero-order valence-electron chi connectivity index (χ0n) is 10.2. The van der Waals surface area contributed by atoms with Gasteiger partial charge in [-0.25, -0.2) is 4.98 Å². The second kappa shape index (κ2) is 5.67. The van der Waals surface area contributed by atoms with Gasteiger partial charge in [0.05, 0.1) is 23.9 Å². The van der Waals surface area contributed by atoms with Crippen molar-refractivity contribution in [1.29, 1.82) is 0 Å². The van der Waals surface area contributed by atoms with E-state index in [-0.39, 0.29) is 12.3 Å². The van der Waals surface area contributed by atoms with Crippen molar-refractivity contribution in [3.8, 4) is 0 Å². The van der Waals surface area contributed by atoms with Crippen molar-refractivity contribution in [2.24, 2.45) is 0 Å². The fourth-order valence-corrected chi connectivity index (χ4v) is 2.45. The summed E-state index contributed by atoms with van der Waals surface area (Å²) in [4.78, 5) is 15.7. The van der Waals surface area contributed by atoms with Gasteiger partial charge in [0.2, 0.25) is 5.91 Å². The van der Waals surface area contributed by atoms with Crippen molar-refractivity contribution in [3.05, 3.63) is 23.5 Å². The van der Waals surface area contributed by atoms with E-state index in [9.17, 15) is 9.90 Å². The first kappa shape index (κ1) is 13.3. The van der Waals surface area contributed by atoms with Crippen molar-refractivity contribution in [3.63, 3.8) is 0 Å². The molecule has 0 saturated heterocycles. The summed E-state index contributed by atoms with van der Waals surface area (Å²) in [5.74, 6) is -0.177. The first-order valence-corrected chi connectivity index (χ1v) is 6.59. The molecule has 18 heavy (non-hydrogen) atoms. The number of carbonyl (C=O) groups is 1. The molecule has 0 aromatic carbocycles. The minimum Gasteiger partial charge on any atom is -0.389 e. The first-order valence-electron chi connectivity index (χ1n) is 6.21. The number of aromatic nitrogens is 1. The van der Waals surface area contributed by atoms with Crippen LogP contribution in [0.15, 0.2) is 18.3 Å². The highest BCUT2D eigenvalue weighted by Gasteiger charge is 2.31. The molecule has 1 aromatic heterocycles. The average Bonchev–Trinajstić information content (AvgIpc) is 2.32. The van der Waals surface area contributed by atoms with Gasteiger partial charge in [-0.15, -0.1) is 0 Å². The highest BCUT2D eigenvalue weighted by molar-refractivity contribution is 6.29. The third-order valence-corrected chi connectivity index (χ3v) is 3.51. The maximum absolute atomic E-state index is 11.8. The van der Waals surface area contributed by atoms with Crippen LogP contribution in [-0.2, 0) is 4.79 Å². The Morgan fingerprint density at radius 3 is 2.72 bits per heavy atom. The zero-order valence-corrected chi connectivity index (χ0v) is 10.9. The maximum Gasteiger partial charge on any atom is 0.227 e. The predicted octanol–water partition coefficient (Wildman–Crippen LogP) is 2.76. The van der Waals surface area contributed by atoms with Crippen LogP contribution in [0.5, 0.6) is 0 Å². The summed E-state index contributed by atoms with van der Waals surface area (Å²) in [7, 11) is 0. The number of pyridine rings is 1. The van der Waals surface area contributed by atoms with E-state index < -0.39 is 5.60 Å². The molecule has 0 bridgehead atoms. The van der Waals surface area contributed by atoms with Crippen molar-refractivity contribution in [2.75, 3.05) is 5.32 Å². The molecule has 0 atom stereocenters. The molecule has 1 heterocycles. The molecule has 2 rings (SSSR count). The molecule has 1 saturated carbocycles. The van der Waals surface area contributed by atoms with Crippen molar-refractivity contribution < 1.29 is 9.90 Å². The van der Waals surface area contributed by atoms with Gasteiger partial charge >= 0.3 is 0 Å². The molecule has 98 valence electrons. The van der Waals surface area contributed by atoms with Crippen LogP contribution in [0.25, 0.3) is 0 Å². The standard InChI is InChI=1S/C13H17ClN2O2/c14-11-5-4-10(9-15-11)16-12(17)8-13(18)6-2-1-3-7-13/h4-5,9,18H,1-3,6-8H2,(H,16,17). The number of amides is 1. The third kappa shape index (κ3) is 3.68. The summed E-state index contributed by atoms with van der Waals surface area (Å²) in [6, 6.07) is 3.31. The van der Waals surface area contributed by atoms with E-state index in [1.807, 2.05) is 0 Å². The van der Waals surface area contributed by atoms with Gasteiger partial charge in [0, 0.05) is 0 Å². The number of anilines is 1. The van der Waals surface area contributed by atoms with Crippen LogP contribution < -0.4 is 5.32 Å². The van der Waals surface area contributed by atoms with Crippen LogP contribution in [0.4, 0.5) is 5.69 Å². The molecule has 1 fully saturated rings. The van der Waals surface area contributed by atoms with E-state index >= 15 is 0 Å². The van der Waals surface area contributed by atoms with Crippen LogP contribution >= 0.6 is 11.6 Å². The van der Waals surface area contributed by atoms with E-state index in [2.05, 4.69) is 10.3 Å². The molecule has 0 spiro atoms. The number of halogens is 1. The molecule has 0 aliphatic heterocycles. The summed E-state index contributed by atoms with van der Waals surface area (Å²) in [5.41, 5.74) is -0.230. The van der Waals surface area contributed by atoms with Gasteiger partial charge in [-0.2, -0.15) is 0 Å². The number of nitrogens with one attached hydrogen (secondary N) is 1. The Morgan fingerprint density at radius 2 is 2.11 bits per heavy atom. The van der Waals surface area contributed by atoms with Crippen LogP contribution in [0.2, 0.25) is 5.15 Å². The van der Waals surface area contributed by atoms with E-state index in [4.69, 9.17) is 11.6 Å². The van der Waals surface area contributed by atoms with Gasteiger partial charge in [-0.05, 0) is 25.0 Å². The summed E-state index contributed by atoms with van der Waals surface area (Å²) in [6.07, 6.45) is 6.20. The van der Waals surface area contributed by atoms with E-state index in [1.54, 1.807) is 12.1 Å². The number of rotatable bonds is 3. The van der Waals surface area contributed by atoms with Gasteiger partial charge in [0.1, 0.15) is 5.15 Å². The molecule has 2 N–H and O–H groups in total. The second-order valence-corrected chi connectivity index (χ2v) is 5.27. The summed E-state index contributed by atoms with van der Waals surface area (Å²) < 4.78 is 0. The normalized spacial score (nSPS) is 18.3. The van der Waals surface area contributed by atoms with E-state index in [0.29, 0.717) is 23.7 Å². The maximum atomic E-state index is 11.8. The fraction of sp³-hybridized carbons (Fsp3) is 0.538. The molecule has 0 radical (unpaired) electrons. The van der Waals surface area contributed by atoms with Gasteiger partial charge in [0.25, 0.3) is 0 Å². The number of carbonyl (C=O) groups excluding carboxylic acids is 1. The lowest BCUT2D eigenvalue weighted by Crippen LogP contribution is -2.35. The first-order chi connectivity index (χ1) is 8.57. The third-order valence-electron chi connectivity index (χ3n) is 3.29. The minimum atomic E-state index is -0.831. The summed E-state index contributed by atoms with van der Waals surface area (Å²) in [5, 5.41) is 13.4. The minimum absolute atomic E-state index is 0.148. The Labute approximate surface area is 111 Å². The molecule has 1 aliphatic rings. The van der Waals surface area contributed by atoms with Crippen LogP contribution in [0.3, 0.4) is 0 Å². The molecule has 1 aromatic rings. The Bertz CT molecular complexity index is 414. The number of hydrogen-bond donors (Lipinski definition) is 2. The monoisotopic (exact) mass is 268 g/mol. The Balaban J connectivity index is 1.90. The lowest BCUT2D eigenvalue weighted by molar-refractivity contribution is -0.122. The van der Waals surface area contributed by atoms with Gasteiger partial charge < -0.3 is 10.4 Å². The highest BCUT2D eigenvalue weighted by atomic mass is 35.5. The lowest BCUT2D eigenvalue weighted by atomic mass is 9.82. The van der Waals surface area contributed by atoms with Gasteiger partial charge in [-0.1, -0.05) is 30.9 Å². The number of nitrogens with zero attached hydrogens (tertiary/aromatic N) is 1. The van der Waals surface area contributed by atoms with Crippen molar-refractivity contribution in [1.82, 2.24) is 4.98 Å². The van der Waals surface area contributed by atoms with Gasteiger partial charge in [0.15, 0.2) is 0 Å². The topological polar surface area (TPSA) is 62.2 Å².